The van der Waals surface area contributed by atoms with E-state index in [0.29, 0.717) is 15.9 Å². The van der Waals surface area contributed by atoms with E-state index in [1.54, 1.807) is 13.1 Å². The second-order valence-electron chi connectivity index (χ2n) is 4.77. The zero-order valence-corrected chi connectivity index (χ0v) is 14.4. The first-order valence-electron chi connectivity index (χ1n) is 6.75. The highest BCUT2D eigenvalue weighted by molar-refractivity contribution is 8.00. The van der Waals surface area contributed by atoms with Crippen LogP contribution in [0.3, 0.4) is 0 Å². The number of hydrogen-bond acceptors (Lipinski definition) is 4. The number of aromatic nitrogens is 3. The van der Waals surface area contributed by atoms with E-state index in [0.717, 1.165) is 10.7 Å². The molecule has 0 saturated carbocycles. The third-order valence-corrected chi connectivity index (χ3v) is 4.68. The van der Waals surface area contributed by atoms with Crippen LogP contribution in [0.1, 0.15) is 6.92 Å². The minimum atomic E-state index is -0.366. The maximum absolute atomic E-state index is 12.3. The van der Waals surface area contributed by atoms with E-state index in [-0.39, 0.29) is 11.2 Å². The number of thioether (sulfide) groups is 1. The second kappa shape index (κ2) is 6.78. The molecule has 1 N–H and O–H groups in total. The van der Waals surface area contributed by atoms with Crippen molar-refractivity contribution in [1.29, 1.82) is 0 Å². The van der Waals surface area contributed by atoms with Crippen LogP contribution in [0.4, 0.5) is 5.82 Å². The Bertz CT molecular complexity index is 868. The average molecular weight is 367 g/mol. The molecule has 0 fully saturated rings. The van der Waals surface area contributed by atoms with Crippen molar-refractivity contribution in [1.82, 2.24) is 14.4 Å². The Hall–Kier alpha value is -1.76. The minimum Gasteiger partial charge on any atom is -0.308 e. The molecule has 1 unspecified atom stereocenters. The van der Waals surface area contributed by atoms with Gasteiger partial charge in [-0.1, -0.05) is 41.0 Å². The van der Waals surface area contributed by atoms with Gasteiger partial charge in [-0.2, -0.15) is 0 Å². The molecule has 3 rings (SSSR count). The summed E-state index contributed by atoms with van der Waals surface area (Å²) in [4.78, 5) is 20.7. The van der Waals surface area contributed by atoms with Gasteiger partial charge in [0.05, 0.1) is 27.0 Å². The quantitative estimate of drug-likeness (QED) is 0.704. The van der Waals surface area contributed by atoms with Crippen molar-refractivity contribution in [2.45, 2.75) is 17.3 Å². The summed E-state index contributed by atoms with van der Waals surface area (Å²) in [5, 5.41) is 3.80. The summed E-state index contributed by atoms with van der Waals surface area (Å²) in [5.74, 6) is 0.0842. The number of halogens is 2. The van der Waals surface area contributed by atoms with Gasteiger partial charge in [0.2, 0.25) is 5.91 Å². The lowest BCUT2D eigenvalue weighted by molar-refractivity contribution is -0.115. The highest BCUT2D eigenvalue weighted by Gasteiger charge is 2.18. The van der Waals surface area contributed by atoms with E-state index in [1.807, 2.05) is 28.8 Å². The van der Waals surface area contributed by atoms with E-state index < -0.39 is 0 Å². The fourth-order valence-corrected chi connectivity index (χ4v) is 3.25. The van der Waals surface area contributed by atoms with Gasteiger partial charge in [-0.15, -0.1) is 0 Å². The van der Waals surface area contributed by atoms with Crippen molar-refractivity contribution < 1.29 is 4.79 Å². The molecule has 3 heterocycles. The molecular formula is C15H12Cl2N4OS. The van der Waals surface area contributed by atoms with Crippen molar-refractivity contribution in [2.75, 3.05) is 5.32 Å². The topological polar surface area (TPSA) is 59.3 Å². The molecule has 3 aromatic heterocycles. The van der Waals surface area contributed by atoms with E-state index in [2.05, 4.69) is 15.3 Å². The standard InChI is InChI=1S/C15H12Cl2N4OS/c1-9(14(22)20-13-12(17)6-10(16)7-18-13)23-15-19-8-11-4-2-3-5-21(11)15/h2-9H,1H3,(H,18,20,22). The third-order valence-electron chi connectivity index (χ3n) is 3.11. The zero-order chi connectivity index (χ0) is 16.4. The number of imidazole rings is 1. The van der Waals surface area contributed by atoms with Crippen LogP contribution in [0.5, 0.6) is 0 Å². The van der Waals surface area contributed by atoms with Crippen molar-refractivity contribution in [2.24, 2.45) is 0 Å². The lowest BCUT2D eigenvalue weighted by atomic mass is 10.4. The molecule has 1 amide bonds. The summed E-state index contributed by atoms with van der Waals surface area (Å²) in [7, 11) is 0. The maximum Gasteiger partial charge on any atom is 0.238 e. The molecule has 0 spiro atoms. The lowest BCUT2D eigenvalue weighted by Gasteiger charge is -2.11. The molecule has 23 heavy (non-hydrogen) atoms. The summed E-state index contributed by atoms with van der Waals surface area (Å²) in [5.41, 5.74) is 0.977. The van der Waals surface area contributed by atoms with Crippen molar-refractivity contribution in [3.05, 3.63) is 52.9 Å². The number of carbonyl (C=O) groups is 1. The summed E-state index contributed by atoms with van der Waals surface area (Å²) in [6, 6.07) is 7.35. The number of amides is 1. The molecule has 0 saturated heterocycles. The SMILES string of the molecule is CC(Sc1ncc2ccccn12)C(=O)Nc1ncc(Cl)cc1Cl. The summed E-state index contributed by atoms with van der Waals surface area (Å²) >= 11 is 13.2. The Morgan fingerprint density at radius 3 is 2.91 bits per heavy atom. The molecule has 5 nitrogen and oxygen atoms in total. The Morgan fingerprint density at radius 1 is 1.30 bits per heavy atom. The number of nitrogens with zero attached hydrogens (tertiary/aromatic N) is 3. The van der Waals surface area contributed by atoms with Crippen LogP contribution in [0, 0.1) is 0 Å². The van der Waals surface area contributed by atoms with Gasteiger partial charge in [0.1, 0.15) is 0 Å². The van der Waals surface area contributed by atoms with Crippen molar-refractivity contribution >= 4 is 52.2 Å². The van der Waals surface area contributed by atoms with Crippen molar-refractivity contribution in [3.63, 3.8) is 0 Å². The maximum atomic E-state index is 12.3. The first-order valence-corrected chi connectivity index (χ1v) is 8.39. The number of nitrogens with one attached hydrogen (secondary N) is 1. The number of anilines is 1. The molecule has 1 atom stereocenters. The zero-order valence-electron chi connectivity index (χ0n) is 12.0. The van der Waals surface area contributed by atoms with Gasteiger partial charge >= 0.3 is 0 Å². The first-order chi connectivity index (χ1) is 11.0. The number of hydrogen-bond donors (Lipinski definition) is 1. The predicted octanol–water partition coefficient (Wildman–Crippen LogP) is 4.16. The van der Waals surface area contributed by atoms with Crippen LogP contribution in [0.2, 0.25) is 10.0 Å². The summed E-state index contributed by atoms with van der Waals surface area (Å²) in [6.07, 6.45) is 5.11. The molecule has 0 radical (unpaired) electrons. The van der Waals surface area contributed by atoms with Crippen LogP contribution >= 0.6 is 35.0 Å². The van der Waals surface area contributed by atoms with Gasteiger partial charge in [-0.05, 0) is 25.1 Å². The highest BCUT2D eigenvalue weighted by atomic mass is 35.5. The fraction of sp³-hybridized carbons (Fsp3) is 0.133. The first kappa shape index (κ1) is 16.1. The Labute approximate surface area is 147 Å². The normalized spacial score (nSPS) is 12.3. The van der Waals surface area contributed by atoms with Gasteiger partial charge in [0, 0.05) is 12.4 Å². The lowest BCUT2D eigenvalue weighted by Crippen LogP contribution is -2.23. The van der Waals surface area contributed by atoms with Gasteiger partial charge in [-0.3, -0.25) is 9.20 Å². The van der Waals surface area contributed by atoms with Crippen LogP contribution in [0.25, 0.3) is 5.52 Å². The van der Waals surface area contributed by atoms with Gasteiger partial charge in [0.15, 0.2) is 11.0 Å². The van der Waals surface area contributed by atoms with E-state index in [1.165, 1.54) is 24.0 Å². The van der Waals surface area contributed by atoms with E-state index in [4.69, 9.17) is 23.2 Å². The number of rotatable bonds is 4. The number of fused-ring (bicyclic) bond motifs is 1. The second-order valence-corrected chi connectivity index (χ2v) is 6.92. The highest BCUT2D eigenvalue weighted by Crippen LogP contribution is 2.26. The van der Waals surface area contributed by atoms with Crippen LogP contribution in [-0.2, 0) is 4.79 Å². The fourth-order valence-electron chi connectivity index (χ4n) is 1.94. The molecule has 0 bridgehead atoms. The van der Waals surface area contributed by atoms with Gasteiger partial charge in [-0.25, -0.2) is 9.97 Å². The average Bonchev–Trinajstić information content (AvgIpc) is 2.93. The summed E-state index contributed by atoms with van der Waals surface area (Å²) in [6.45, 7) is 1.80. The monoisotopic (exact) mass is 366 g/mol. The molecule has 0 aliphatic carbocycles. The van der Waals surface area contributed by atoms with Crippen molar-refractivity contribution in [3.8, 4) is 0 Å². The smallest absolute Gasteiger partial charge is 0.238 e. The molecule has 0 aliphatic rings. The molecule has 118 valence electrons. The van der Waals surface area contributed by atoms with Gasteiger partial charge < -0.3 is 5.32 Å². The third kappa shape index (κ3) is 3.60. The molecule has 0 aromatic carbocycles. The van der Waals surface area contributed by atoms with Gasteiger partial charge in [0.25, 0.3) is 0 Å². The minimum absolute atomic E-state index is 0.209. The van der Waals surface area contributed by atoms with E-state index in [9.17, 15) is 4.79 Å². The Morgan fingerprint density at radius 2 is 2.13 bits per heavy atom. The Balaban J connectivity index is 1.72. The van der Waals surface area contributed by atoms with Crippen LogP contribution in [-0.4, -0.2) is 25.5 Å². The number of carbonyl (C=O) groups excluding carboxylic acids is 1. The van der Waals surface area contributed by atoms with Crippen LogP contribution < -0.4 is 5.32 Å². The Kier molecular flexibility index (Phi) is 4.75. The molecule has 8 heteroatoms. The number of pyridine rings is 2. The molecular weight excluding hydrogens is 355 g/mol. The molecule has 0 aliphatic heterocycles. The largest absolute Gasteiger partial charge is 0.308 e. The van der Waals surface area contributed by atoms with Crippen LogP contribution in [0.15, 0.2) is 48.0 Å². The molecule has 3 aromatic rings. The van der Waals surface area contributed by atoms with E-state index >= 15 is 0 Å². The summed E-state index contributed by atoms with van der Waals surface area (Å²) < 4.78 is 1.93. The predicted molar refractivity (Wildman–Crippen MR) is 93.4 cm³/mol.